The predicted octanol–water partition coefficient (Wildman–Crippen LogP) is 3.49. The number of pyridine rings is 1. The van der Waals surface area contributed by atoms with Crippen LogP contribution in [0.25, 0.3) is 0 Å². The SMILES string of the molecule is Cc1ccc([N+](=O)[O-])c(CC(Cl)C(C)(C)C)n1. The molecule has 1 aromatic heterocycles. The summed E-state index contributed by atoms with van der Waals surface area (Å²) >= 11 is 6.26. The highest BCUT2D eigenvalue weighted by Crippen LogP contribution is 2.29. The Balaban J connectivity index is 3.04. The number of aryl methyl sites for hydroxylation is 1. The van der Waals surface area contributed by atoms with Crippen molar-refractivity contribution in [1.82, 2.24) is 4.98 Å². The van der Waals surface area contributed by atoms with Gasteiger partial charge in [-0.3, -0.25) is 15.1 Å². The fourth-order valence-corrected chi connectivity index (χ4v) is 1.54. The summed E-state index contributed by atoms with van der Waals surface area (Å²) < 4.78 is 0. The highest BCUT2D eigenvalue weighted by molar-refractivity contribution is 6.21. The van der Waals surface area contributed by atoms with Crippen molar-refractivity contribution in [2.75, 3.05) is 0 Å². The maximum atomic E-state index is 10.9. The molecule has 1 heterocycles. The van der Waals surface area contributed by atoms with E-state index >= 15 is 0 Å². The molecule has 0 amide bonds. The number of aromatic nitrogens is 1. The second kappa shape index (κ2) is 5.00. The Morgan fingerprint density at radius 3 is 2.53 bits per heavy atom. The number of alkyl halides is 1. The van der Waals surface area contributed by atoms with Crippen LogP contribution in [-0.2, 0) is 6.42 Å². The monoisotopic (exact) mass is 256 g/mol. The molecule has 0 fully saturated rings. The molecule has 0 radical (unpaired) electrons. The zero-order valence-electron chi connectivity index (χ0n) is 10.5. The zero-order valence-corrected chi connectivity index (χ0v) is 11.3. The maximum Gasteiger partial charge on any atom is 0.290 e. The summed E-state index contributed by atoms with van der Waals surface area (Å²) in [5, 5.41) is 10.7. The summed E-state index contributed by atoms with van der Waals surface area (Å²) in [5.74, 6) is 0. The van der Waals surface area contributed by atoms with E-state index in [4.69, 9.17) is 11.6 Å². The summed E-state index contributed by atoms with van der Waals surface area (Å²) in [4.78, 5) is 14.7. The summed E-state index contributed by atoms with van der Waals surface area (Å²) in [6.07, 6.45) is 0.406. The highest BCUT2D eigenvalue weighted by Gasteiger charge is 2.26. The summed E-state index contributed by atoms with van der Waals surface area (Å²) in [7, 11) is 0. The Morgan fingerprint density at radius 2 is 2.06 bits per heavy atom. The van der Waals surface area contributed by atoms with Crippen LogP contribution in [0.2, 0.25) is 0 Å². The van der Waals surface area contributed by atoms with Gasteiger partial charge in [0.05, 0.1) is 4.92 Å². The van der Waals surface area contributed by atoms with E-state index in [0.29, 0.717) is 12.1 Å². The van der Waals surface area contributed by atoms with Crippen molar-refractivity contribution in [2.45, 2.75) is 39.5 Å². The molecule has 0 aromatic carbocycles. The molecule has 0 N–H and O–H groups in total. The minimum Gasteiger partial charge on any atom is -0.258 e. The van der Waals surface area contributed by atoms with Crippen LogP contribution in [0.5, 0.6) is 0 Å². The first kappa shape index (κ1) is 13.9. The van der Waals surface area contributed by atoms with Crippen molar-refractivity contribution in [3.8, 4) is 0 Å². The average molecular weight is 257 g/mol. The molecular weight excluding hydrogens is 240 g/mol. The Morgan fingerprint density at radius 1 is 1.47 bits per heavy atom. The summed E-state index contributed by atoms with van der Waals surface area (Å²) in [5.41, 5.74) is 1.17. The van der Waals surface area contributed by atoms with Crippen molar-refractivity contribution in [2.24, 2.45) is 5.41 Å². The number of nitro groups is 1. The van der Waals surface area contributed by atoms with E-state index in [0.717, 1.165) is 5.69 Å². The van der Waals surface area contributed by atoms with E-state index in [1.165, 1.54) is 6.07 Å². The van der Waals surface area contributed by atoms with Crippen LogP contribution in [0.3, 0.4) is 0 Å². The minimum absolute atomic E-state index is 0.0468. The van der Waals surface area contributed by atoms with Gasteiger partial charge in [0.15, 0.2) is 0 Å². The molecule has 1 rings (SSSR count). The molecule has 1 aromatic rings. The van der Waals surface area contributed by atoms with Gasteiger partial charge in [0, 0.05) is 23.6 Å². The van der Waals surface area contributed by atoms with E-state index in [1.807, 2.05) is 27.7 Å². The van der Waals surface area contributed by atoms with E-state index in [9.17, 15) is 10.1 Å². The van der Waals surface area contributed by atoms with Crippen LogP contribution in [-0.4, -0.2) is 15.3 Å². The van der Waals surface area contributed by atoms with Crippen LogP contribution in [0.1, 0.15) is 32.2 Å². The molecule has 0 aliphatic rings. The molecular formula is C12H17ClN2O2. The third kappa shape index (κ3) is 3.66. The van der Waals surface area contributed by atoms with Crippen molar-refractivity contribution in [3.63, 3.8) is 0 Å². The molecule has 94 valence electrons. The standard InChI is InChI=1S/C12H17ClN2O2/c1-8-5-6-10(15(16)17)9(14-8)7-11(13)12(2,3)4/h5-6,11H,7H2,1-4H3. The molecule has 4 nitrogen and oxygen atoms in total. The zero-order chi connectivity index (χ0) is 13.2. The molecule has 0 saturated heterocycles. The van der Waals surface area contributed by atoms with Crippen molar-refractivity contribution < 1.29 is 4.92 Å². The van der Waals surface area contributed by atoms with E-state index in [1.54, 1.807) is 6.07 Å². The Hall–Kier alpha value is -1.16. The summed E-state index contributed by atoms with van der Waals surface area (Å²) in [6, 6.07) is 3.13. The Kier molecular flexibility index (Phi) is 4.09. The quantitative estimate of drug-likeness (QED) is 0.473. The third-order valence-corrected chi connectivity index (χ3v) is 3.41. The molecule has 0 aliphatic heterocycles. The number of halogens is 1. The van der Waals surface area contributed by atoms with Crippen molar-refractivity contribution in [3.05, 3.63) is 33.6 Å². The van der Waals surface area contributed by atoms with Gasteiger partial charge >= 0.3 is 0 Å². The largest absolute Gasteiger partial charge is 0.290 e. The Labute approximate surface area is 106 Å². The molecule has 1 unspecified atom stereocenters. The second-order valence-corrected chi connectivity index (χ2v) is 5.74. The number of hydrogen-bond acceptors (Lipinski definition) is 3. The lowest BCUT2D eigenvalue weighted by Crippen LogP contribution is -2.23. The molecule has 0 saturated carbocycles. The first-order valence-corrected chi connectivity index (χ1v) is 5.90. The minimum atomic E-state index is -0.409. The lowest BCUT2D eigenvalue weighted by molar-refractivity contribution is -0.386. The molecule has 0 bridgehead atoms. The molecule has 5 heteroatoms. The molecule has 0 spiro atoms. The molecule has 0 aliphatic carbocycles. The van der Waals surface area contributed by atoms with Crippen molar-refractivity contribution >= 4 is 17.3 Å². The first-order chi connectivity index (χ1) is 7.71. The fraction of sp³-hybridized carbons (Fsp3) is 0.583. The van der Waals surface area contributed by atoms with Crippen LogP contribution >= 0.6 is 11.6 Å². The van der Waals surface area contributed by atoms with Gasteiger partial charge in [-0.25, -0.2) is 0 Å². The highest BCUT2D eigenvalue weighted by atomic mass is 35.5. The van der Waals surface area contributed by atoms with E-state index in [2.05, 4.69) is 4.98 Å². The predicted molar refractivity (Wildman–Crippen MR) is 68.4 cm³/mol. The summed E-state index contributed by atoms with van der Waals surface area (Å²) in [6.45, 7) is 7.83. The molecule has 1 atom stereocenters. The molecule has 17 heavy (non-hydrogen) atoms. The van der Waals surface area contributed by atoms with E-state index in [-0.39, 0.29) is 16.5 Å². The van der Waals surface area contributed by atoms with Crippen LogP contribution in [0.15, 0.2) is 12.1 Å². The number of hydrogen-bond donors (Lipinski definition) is 0. The average Bonchev–Trinajstić information content (AvgIpc) is 2.15. The number of nitrogens with zero attached hydrogens (tertiary/aromatic N) is 2. The van der Waals surface area contributed by atoms with Gasteiger partial charge in [-0.2, -0.15) is 0 Å². The van der Waals surface area contributed by atoms with Gasteiger partial charge in [0.25, 0.3) is 5.69 Å². The Bertz CT molecular complexity index is 427. The maximum absolute atomic E-state index is 10.9. The van der Waals surface area contributed by atoms with Crippen LogP contribution < -0.4 is 0 Å². The number of rotatable bonds is 3. The first-order valence-electron chi connectivity index (χ1n) is 5.47. The van der Waals surface area contributed by atoms with Gasteiger partial charge in [0.2, 0.25) is 0 Å². The smallest absolute Gasteiger partial charge is 0.258 e. The fourth-order valence-electron chi connectivity index (χ4n) is 1.40. The second-order valence-electron chi connectivity index (χ2n) is 5.21. The van der Waals surface area contributed by atoms with Gasteiger partial charge in [-0.15, -0.1) is 11.6 Å². The van der Waals surface area contributed by atoms with Gasteiger partial charge in [-0.05, 0) is 18.4 Å². The normalized spacial score (nSPS) is 13.5. The topological polar surface area (TPSA) is 56.0 Å². The lowest BCUT2D eigenvalue weighted by Gasteiger charge is -2.24. The van der Waals surface area contributed by atoms with Gasteiger partial charge in [-0.1, -0.05) is 20.8 Å². The third-order valence-electron chi connectivity index (χ3n) is 2.60. The van der Waals surface area contributed by atoms with Gasteiger partial charge in [0.1, 0.15) is 5.69 Å². The van der Waals surface area contributed by atoms with Crippen LogP contribution in [0.4, 0.5) is 5.69 Å². The van der Waals surface area contributed by atoms with Crippen molar-refractivity contribution in [1.29, 1.82) is 0 Å². The van der Waals surface area contributed by atoms with Crippen LogP contribution in [0, 0.1) is 22.5 Å². The van der Waals surface area contributed by atoms with Gasteiger partial charge < -0.3 is 0 Å². The lowest BCUT2D eigenvalue weighted by atomic mass is 9.89. The van der Waals surface area contributed by atoms with E-state index < -0.39 is 4.92 Å².